The summed E-state index contributed by atoms with van der Waals surface area (Å²) >= 11 is 11.8. The van der Waals surface area contributed by atoms with Crippen LogP contribution in [0.5, 0.6) is 0 Å². The highest BCUT2D eigenvalue weighted by Gasteiger charge is 2.09. The second-order valence-corrected chi connectivity index (χ2v) is 5.08. The fourth-order valence-corrected chi connectivity index (χ4v) is 2.28. The number of pyridine rings is 1. The monoisotopic (exact) mass is 296 g/mol. The van der Waals surface area contributed by atoms with Gasteiger partial charge in [-0.2, -0.15) is 0 Å². The first-order chi connectivity index (χ1) is 9.15. The van der Waals surface area contributed by atoms with Crippen LogP contribution in [0.25, 0.3) is 0 Å². The Balaban J connectivity index is 1.89. The third-order valence-electron chi connectivity index (χ3n) is 2.69. The summed E-state index contributed by atoms with van der Waals surface area (Å²) in [6, 6.07) is 8.92. The number of nitrogens with one attached hydrogen (secondary N) is 1. The molecule has 3 nitrogen and oxygen atoms in total. The first kappa shape index (κ1) is 14.3. The molecule has 2 N–H and O–H groups in total. The van der Waals surface area contributed by atoms with Crippen LogP contribution in [0.3, 0.4) is 0 Å². The quantitative estimate of drug-likeness (QED) is 0.890. The molecule has 0 saturated carbocycles. The molecule has 0 aliphatic rings. The SMILES string of the molecule is OC(CNCc1ccncc1)c1cc(Cl)cc(Cl)c1. The van der Waals surface area contributed by atoms with Crippen LogP contribution in [-0.2, 0) is 6.54 Å². The topological polar surface area (TPSA) is 45.1 Å². The van der Waals surface area contributed by atoms with E-state index in [0.29, 0.717) is 28.7 Å². The second-order valence-electron chi connectivity index (χ2n) is 4.20. The van der Waals surface area contributed by atoms with E-state index in [0.717, 1.165) is 5.56 Å². The van der Waals surface area contributed by atoms with Crippen molar-refractivity contribution in [2.45, 2.75) is 12.6 Å². The summed E-state index contributed by atoms with van der Waals surface area (Å²) in [5, 5.41) is 14.3. The summed E-state index contributed by atoms with van der Waals surface area (Å²) in [6.07, 6.45) is 2.84. The van der Waals surface area contributed by atoms with E-state index in [4.69, 9.17) is 23.2 Å². The molecule has 0 amide bonds. The minimum atomic E-state index is -0.641. The van der Waals surface area contributed by atoms with Crippen molar-refractivity contribution in [3.8, 4) is 0 Å². The molecule has 2 aromatic rings. The highest BCUT2D eigenvalue weighted by molar-refractivity contribution is 6.34. The van der Waals surface area contributed by atoms with Gasteiger partial charge >= 0.3 is 0 Å². The zero-order valence-corrected chi connectivity index (χ0v) is 11.7. The number of halogens is 2. The number of aliphatic hydroxyl groups is 1. The third kappa shape index (κ3) is 4.48. The Bertz CT molecular complexity index is 514. The summed E-state index contributed by atoms with van der Waals surface area (Å²) in [6.45, 7) is 1.10. The predicted molar refractivity (Wildman–Crippen MR) is 77.4 cm³/mol. The van der Waals surface area contributed by atoms with E-state index >= 15 is 0 Å². The fraction of sp³-hybridized carbons (Fsp3) is 0.214. The molecule has 0 saturated heterocycles. The average molecular weight is 297 g/mol. The van der Waals surface area contributed by atoms with E-state index in [1.54, 1.807) is 30.6 Å². The van der Waals surface area contributed by atoms with Gasteiger partial charge in [-0.15, -0.1) is 0 Å². The van der Waals surface area contributed by atoms with E-state index in [9.17, 15) is 5.11 Å². The summed E-state index contributed by atoms with van der Waals surface area (Å²) in [5.74, 6) is 0. The molecule has 0 aliphatic carbocycles. The molecule has 1 heterocycles. The summed E-state index contributed by atoms with van der Waals surface area (Å²) < 4.78 is 0. The standard InChI is InChI=1S/C14H14Cl2N2O/c15-12-5-11(6-13(16)7-12)14(19)9-18-8-10-1-3-17-4-2-10/h1-7,14,18-19H,8-9H2. The highest BCUT2D eigenvalue weighted by Crippen LogP contribution is 2.23. The molecule has 1 aromatic heterocycles. The molecule has 100 valence electrons. The van der Waals surface area contributed by atoms with Crippen LogP contribution in [0.1, 0.15) is 17.2 Å². The lowest BCUT2D eigenvalue weighted by Crippen LogP contribution is -2.21. The van der Waals surface area contributed by atoms with Gasteiger partial charge in [-0.25, -0.2) is 0 Å². The van der Waals surface area contributed by atoms with Crippen molar-refractivity contribution in [2.75, 3.05) is 6.54 Å². The number of rotatable bonds is 5. The Labute approximate surface area is 122 Å². The molecule has 0 bridgehead atoms. The zero-order valence-electron chi connectivity index (χ0n) is 10.2. The Morgan fingerprint density at radius 3 is 2.37 bits per heavy atom. The molecule has 1 atom stereocenters. The van der Waals surface area contributed by atoms with Gasteiger partial charge in [-0.05, 0) is 41.5 Å². The molecule has 0 radical (unpaired) electrons. The first-order valence-corrected chi connectivity index (χ1v) is 6.64. The Morgan fingerprint density at radius 2 is 1.74 bits per heavy atom. The van der Waals surface area contributed by atoms with E-state index in [1.807, 2.05) is 12.1 Å². The largest absolute Gasteiger partial charge is 0.387 e. The molecule has 5 heteroatoms. The van der Waals surface area contributed by atoms with Gasteiger partial charge in [0.25, 0.3) is 0 Å². The molecule has 2 rings (SSSR count). The van der Waals surface area contributed by atoms with E-state index < -0.39 is 6.10 Å². The van der Waals surface area contributed by atoms with Crippen molar-refractivity contribution in [2.24, 2.45) is 0 Å². The molecule has 0 aliphatic heterocycles. The minimum absolute atomic E-state index is 0.430. The van der Waals surface area contributed by atoms with Crippen LogP contribution in [0.15, 0.2) is 42.7 Å². The van der Waals surface area contributed by atoms with Gasteiger partial charge in [-0.3, -0.25) is 4.98 Å². The molecule has 0 spiro atoms. The average Bonchev–Trinajstić information content (AvgIpc) is 2.38. The number of aromatic nitrogens is 1. The zero-order chi connectivity index (χ0) is 13.7. The van der Waals surface area contributed by atoms with Gasteiger partial charge in [0.1, 0.15) is 0 Å². The summed E-state index contributed by atoms with van der Waals surface area (Å²) in [4.78, 5) is 3.95. The lowest BCUT2D eigenvalue weighted by molar-refractivity contribution is 0.174. The van der Waals surface area contributed by atoms with E-state index in [1.165, 1.54) is 0 Å². The smallest absolute Gasteiger partial charge is 0.0915 e. The maximum atomic E-state index is 10.1. The lowest BCUT2D eigenvalue weighted by Gasteiger charge is -2.13. The van der Waals surface area contributed by atoms with Gasteiger partial charge in [0.15, 0.2) is 0 Å². The van der Waals surface area contributed by atoms with Crippen molar-refractivity contribution in [1.82, 2.24) is 10.3 Å². The molecule has 0 fully saturated rings. The molecule has 1 unspecified atom stereocenters. The van der Waals surface area contributed by atoms with Gasteiger partial charge < -0.3 is 10.4 Å². The van der Waals surface area contributed by atoms with Crippen LogP contribution >= 0.6 is 23.2 Å². The fourth-order valence-electron chi connectivity index (χ4n) is 1.74. The van der Waals surface area contributed by atoms with Crippen molar-refractivity contribution >= 4 is 23.2 Å². The number of aliphatic hydroxyl groups excluding tert-OH is 1. The Kier molecular flexibility index (Phi) is 5.16. The Hall–Kier alpha value is -1.13. The van der Waals surface area contributed by atoms with E-state index in [-0.39, 0.29) is 0 Å². The van der Waals surface area contributed by atoms with Crippen molar-refractivity contribution in [3.63, 3.8) is 0 Å². The van der Waals surface area contributed by atoms with Gasteiger partial charge in [0.2, 0.25) is 0 Å². The molecular weight excluding hydrogens is 283 g/mol. The summed E-state index contributed by atoms with van der Waals surface area (Å²) in [5.41, 5.74) is 1.83. The highest BCUT2D eigenvalue weighted by atomic mass is 35.5. The number of hydrogen-bond acceptors (Lipinski definition) is 3. The lowest BCUT2D eigenvalue weighted by atomic mass is 10.1. The van der Waals surface area contributed by atoms with Crippen LogP contribution in [0.4, 0.5) is 0 Å². The van der Waals surface area contributed by atoms with Gasteiger partial charge in [0, 0.05) is 35.5 Å². The Morgan fingerprint density at radius 1 is 1.11 bits per heavy atom. The summed E-state index contributed by atoms with van der Waals surface area (Å²) in [7, 11) is 0. The molecule has 1 aromatic carbocycles. The maximum Gasteiger partial charge on any atom is 0.0915 e. The van der Waals surface area contributed by atoms with Crippen molar-refractivity contribution < 1.29 is 5.11 Å². The van der Waals surface area contributed by atoms with Gasteiger partial charge in [-0.1, -0.05) is 23.2 Å². The normalized spacial score (nSPS) is 12.4. The third-order valence-corrected chi connectivity index (χ3v) is 3.12. The van der Waals surface area contributed by atoms with Crippen molar-refractivity contribution in [3.05, 3.63) is 63.9 Å². The van der Waals surface area contributed by atoms with E-state index in [2.05, 4.69) is 10.3 Å². The first-order valence-electron chi connectivity index (χ1n) is 5.89. The number of hydrogen-bond donors (Lipinski definition) is 2. The number of benzene rings is 1. The molecular formula is C14H14Cl2N2O. The van der Waals surface area contributed by atoms with Crippen LogP contribution in [0, 0.1) is 0 Å². The van der Waals surface area contributed by atoms with Gasteiger partial charge in [0.05, 0.1) is 6.10 Å². The van der Waals surface area contributed by atoms with Crippen LogP contribution < -0.4 is 5.32 Å². The van der Waals surface area contributed by atoms with Crippen molar-refractivity contribution in [1.29, 1.82) is 0 Å². The van der Waals surface area contributed by atoms with Crippen LogP contribution in [-0.4, -0.2) is 16.6 Å². The second kappa shape index (κ2) is 6.87. The number of nitrogens with zero attached hydrogens (tertiary/aromatic N) is 1. The van der Waals surface area contributed by atoms with Crippen LogP contribution in [0.2, 0.25) is 10.0 Å². The maximum absolute atomic E-state index is 10.1. The molecule has 19 heavy (non-hydrogen) atoms. The predicted octanol–water partition coefficient (Wildman–Crippen LogP) is 3.21. The minimum Gasteiger partial charge on any atom is -0.387 e.